The maximum Gasteiger partial charge on any atom is 0.330 e. The second-order valence-electron chi connectivity index (χ2n) is 7.71. The van der Waals surface area contributed by atoms with Gasteiger partial charge in [-0.3, -0.25) is 4.79 Å². The van der Waals surface area contributed by atoms with Gasteiger partial charge in [0.2, 0.25) is 5.91 Å². The normalized spacial score (nSPS) is 10.8. The Morgan fingerprint density at radius 1 is 0.615 bits per heavy atom. The Balaban J connectivity index is 1.71. The lowest BCUT2D eigenvalue weighted by Crippen LogP contribution is -2.15. The lowest BCUT2D eigenvalue weighted by atomic mass is 10.3. The van der Waals surface area contributed by atoms with Gasteiger partial charge in [-0.15, -0.1) is 0 Å². The number of nitrogens with one attached hydrogen (secondary N) is 1. The first kappa shape index (κ1) is 34.4. The molecule has 0 unspecified atom stereocenters. The summed E-state index contributed by atoms with van der Waals surface area (Å²) in [6, 6.07) is 7.15. The quantitative estimate of drug-likeness (QED) is 0.0967. The number of esters is 1. The number of hydrogen-bond donors (Lipinski definition) is 1. The second kappa shape index (κ2) is 25.7. The summed E-state index contributed by atoms with van der Waals surface area (Å²) in [7, 11) is 0. The number of rotatable bonds is 27. The molecule has 0 bridgehead atoms. The maximum absolute atomic E-state index is 11.0. The average molecular weight is 558 g/mol. The third kappa shape index (κ3) is 23.1. The van der Waals surface area contributed by atoms with Crippen LogP contribution in [0.4, 0.5) is 5.69 Å². The van der Waals surface area contributed by atoms with Crippen LogP contribution >= 0.6 is 0 Å². The highest BCUT2D eigenvalue weighted by molar-refractivity contribution is 5.88. The highest BCUT2D eigenvalue weighted by Gasteiger charge is 1.99. The molecular formula is C27H43NO11. The Labute approximate surface area is 230 Å². The van der Waals surface area contributed by atoms with Crippen molar-refractivity contribution < 1.29 is 52.2 Å². The van der Waals surface area contributed by atoms with Crippen molar-refractivity contribution in [2.75, 3.05) is 111 Å². The lowest BCUT2D eigenvalue weighted by Gasteiger charge is -2.09. The maximum atomic E-state index is 11.0. The highest BCUT2D eigenvalue weighted by Crippen LogP contribution is 2.15. The van der Waals surface area contributed by atoms with Crippen LogP contribution in [0, 0.1) is 0 Å². The molecule has 0 fully saturated rings. The van der Waals surface area contributed by atoms with Crippen molar-refractivity contribution >= 4 is 17.6 Å². The van der Waals surface area contributed by atoms with Crippen LogP contribution in [0.3, 0.4) is 0 Å². The van der Waals surface area contributed by atoms with E-state index in [-0.39, 0.29) is 12.5 Å². The van der Waals surface area contributed by atoms with Gasteiger partial charge in [0.1, 0.15) is 19.0 Å². The zero-order chi connectivity index (χ0) is 28.2. The van der Waals surface area contributed by atoms with Gasteiger partial charge in [-0.25, -0.2) is 4.79 Å². The highest BCUT2D eigenvalue weighted by atomic mass is 16.6. The van der Waals surface area contributed by atoms with Crippen LogP contribution in [0.25, 0.3) is 0 Å². The summed E-state index contributed by atoms with van der Waals surface area (Å²) >= 11 is 0. The molecule has 0 radical (unpaired) electrons. The van der Waals surface area contributed by atoms with Crippen LogP contribution < -0.4 is 10.1 Å². The van der Waals surface area contributed by atoms with Crippen molar-refractivity contribution in [3.63, 3.8) is 0 Å². The molecule has 1 rings (SSSR count). The number of benzene rings is 1. The van der Waals surface area contributed by atoms with Crippen molar-refractivity contribution in [3.8, 4) is 5.75 Å². The summed E-state index contributed by atoms with van der Waals surface area (Å²) in [6.07, 6.45) is 1.11. The zero-order valence-electron chi connectivity index (χ0n) is 22.9. The van der Waals surface area contributed by atoms with E-state index in [4.69, 9.17) is 42.6 Å². The predicted molar refractivity (Wildman–Crippen MR) is 143 cm³/mol. The summed E-state index contributed by atoms with van der Waals surface area (Å²) in [5.74, 6) is 0.141. The van der Waals surface area contributed by atoms with Gasteiger partial charge < -0.3 is 47.9 Å². The minimum atomic E-state index is -0.461. The molecule has 12 heteroatoms. The van der Waals surface area contributed by atoms with Crippen LogP contribution in [-0.4, -0.2) is 118 Å². The molecule has 39 heavy (non-hydrogen) atoms. The number of ether oxygens (including phenoxy) is 9. The van der Waals surface area contributed by atoms with Gasteiger partial charge in [0.25, 0.3) is 0 Å². The van der Waals surface area contributed by atoms with Crippen LogP contribution in [-0.2, 0) is 47.5 Å². The zero-order valence-corrected chi connectivity index (χ0v) is 22.9. The monoisotopic (exact) mass is 557 g/mol. The van der Waals surface area contributed by atoms with Gasteiger partial charge in [0.05, 0.1) is 92.5 Å². The third-order valence-electron chi connectivity index (χ3n) is 4.54. The van der Waals surface area contributed by atoms with E-state index in [0.717, 1.165) is 11.8 Å². The SMILES string of the molecule is C=CC(=O)OCCOCCOCCOCCOCCOCCOCCOCCOc1ccc(NC(C)=O)cc1. The standard InChI is InChI=1S/C27H43NO11/c1-3-27(30)39-23-21-37-19-17-35-15-13-33-11-9-31-8-10-32-12-14-34-16-18-36-20-22-38-26-6-4-25(5-7-26)28-24(2)29/h3-7H,1,8-23H2,2H3,(H,28,29). The molecule has 0 spiro atoms. The molecule has 0 aromatic heterocycles. The molecule has 0 saturated heterocycles. The summed E-state index contributed by atoms with van der Waals surface area (Å²) in [6.45, 7) is 11.8. The second-order valence-corrected chi connectivity index (χ2v) is 7.71. The number of hydrogen-bond acceptors (Lipinski definition) is 11. The summed E-state index contributed by atoms with van der Waals surface area (Å²) < 4.78 is 48.2. The molecule has 0 aliphatic carbocycles. The van der Waals surface area contributed by atoms with Crippen LogP contribution in [0.1, 0.15) is 6.92 Å². The first-order valence-electron chi connectivity index (χ1n) is 13.0. The van der Waals surface area contributed by atoms with E-state index < -0.39 is 5.97 Å². The molecule has 0 aliphatic heterocycles. The van der Waals surface area contributed by atoms with Gasteiger partial charge >= 0.3 is 5.97 Å². The van der Waals surface area contributed by atoms with Gasteiger partial charge in [-0.1, -0.05) is 6.58 Å². The Morgan fingerprint density at radius 2 is 0.974 bits per heavy atom. The van der Waals surface area contributed by atoms with Crippen molar-refractivity contribution in [2.24, 2.45) is 0 Å². The van der Waals surface area contributed by atoms with Crippen molar-refractivity contribution in [2.45, 2.75) is 6.92 Å². The van der Waals surface area contributed by atoms with Crippen LogP contribution in [0.15, 0.2) is 36.9 Å². The Bertz CT molecular complexity index is 746. The number of anilines is 1. The molecule has 0 saturated carbocycles. The van der Waals surface area contributed by atoms with E-state index in [1.54, 1.807) is 24.3 Å². The molecule has 1 amide bonds. The van der Waals surface area contributed by atoms with Crippen molar-refractivity contribution in [3.05, 3.63) is 36.9 Å². The Kier molecular flexibility index (Phi) is 22.7. The molecule has 0 heterocycles. The Morgan fingerprint density at radius 3 is 1.33 bits per heavy atom. The fourth-order valence-electron chi connectivity index (χ4n) is 2.74. The van der Waals surface area contributed by atoms with Gasteiger partial charge in [0.15, 0.2) is 0 Å². The lowest BCUT2D eigenvalue weighted by molar-refractivity contribution is -0.139. The molecule has 0 aliphatic rings. The number of carbonyl (C=O) groups is 2. The predicted octanol–water partition coefficient (Wildman–Crippen LogP) is 1.87. The smallest absolute Gasteiger partial charge is 0.330 e. The molecular weight excluding hydrogens is 514 g/mol. The molecule has 12 nitrogen and oxygen atoms in total. The van der Waals surface area contributed by atoms with E-state index >= 15 is 0 Å². The van der Waals surface area contributed by atoms with Crippen molar-refractivity contribution in [1.29, 1.82) is 0 Å². The first-order valence-corrected chi connectivity index (χ1v) is 13.0. The van der Waals surface area contributed by atoms with Gasteiger partial charge in [0, 0.05) is 18.7 Å². The van der Waals surface area contributed by atoms with E-state index in [2.05, 4.69) is 11.9 Å². The Hall–Kier alpha value is -2.58. The third-order valence-corrected chi connectivity index (χ3v) is 4.54. The van der Waals surface area contributed by atoms with Gasteiger partial charge in [-0.2, -0.15) is 0 Å². The van der Waals surface area contributed by atoms with E-state index in [1.165, 1.54) is 6.92 Å². The minimum Gasteiger partial charge on any atom is -0.491 e. The molecule has 1 aromatic carbocycles. The van der Waals surface area contributed by atoms with Crippen molar-refractivity contribution in [1.82, 2.24) is 0 Å². The topological polar surface area (TPSA) is 129 Å². The summed E-state index contributed by atoms with van der Waals surface area (Å²) in [4.78, 5) is 21.8. The molecule has 1 aromatic rings. The van der Waals surface area contributed by atoms with E-state index in [1.807, 2.05) is 0 Å². The molecule has 222 valence electrons. The molecule has 1 N–H and O–H groups in total. The van der Waals surface area contributed by atoms with E-state index in [0.29, 0.717) is 105 Å². The fourth-order valence-corrected chi connectivity index (χ4v) is 2.74. The largest absolute Gasteiger partial charge is 0.491 e. The summed E-state index contributed by atoms with van der Waals surface area (Å²) in [5, 5.41) is 2.70. The minimum absolute atomic E-state index is 0.111. The van der Waals surface area contributed by atoms with Crippen LogP contribution in [0.2, 0.25) is 0 Å². The van der Waals surface area contributed by atoms with Gasteiger partial charge in [-0.05, 0) is 24.3 Å². The van der Waals surface area contributed by atoms with Crippen LogP contribution in [0.5, 0.6) is 5.75 Å². The number of carbonyl (C=O) groups excluding carboxylic acids is 2. The number of amides is 1. The first-order chi connectivity index (χ1) is 19.1. The van der Waals surface area contributed by atoms with E-state index in [9.17, 15) is 9.59 Å². The molecule has 0 atom stereocenters. The summed E-state index contributed by atoms with van der Waals surface area (Å²) in [5.41, 5.74) is 0.728. The fraction of sp³-hybridized carbons (Fsp3) is 0.630. The average Bonchev–Trinajstić information content (AvgIpc) is 2.93.